The molecule has 1 fully saturated rings. The zero-order valence-electron chi connectivity index (χ0n) is 11.3. The third-order valence-electron chi connectivity index (χ3n) is 4.04. The molecule has 3 nitrogen and oxygen atoms in total. The molecule has 1 aliphatic rings. The monoisotopic (exact) mass is 245 g/mol. The maximum absolute atomic E-state index is 7.58. The SMILES string of the molecule is CC(C1CC1)N(C)C(CC(=N)N)c1ccccc1. The van der Waals surface area contributed by atoms with E-state index in [9.17, 15) is 0 Å². The number of hydrogen-bond donors (Lipinski definition) is 2. The molecule has 98 valence electrons. The van der Waals surface area contributed by atoms with Gasteiger partial charge in [0, 0.05) is 18.5 Å². The summed E-state index contributed by atoms with van der Waals surface area (Å²) in [4.78, 5) is 2.38. The second-order valence-corrected chi connectivity index (χ2v) is 5.40. The van der Waals surface area contributed by atoms with Crippen molar-refractivity contribution < 1.29 is 0 Å². The second-order valence-electron chi connectivity index (χ2n) is 5.40. The van der Waals surface area contributed by atoms with Crippen molar-refractivity contribution in [2.75, 3.05) is 7.05 Å². The molecule has 0 amide bonds. The minimum atomic E-state index is 0.222. The van der Waals surface area contributed by atoms with Crippen LogP contribution in [-0.2, 0) is 0 Å². The largest absolute Gasteiger partial charge is 0.388 e. The lowest BCUT2D eigenvalue weighted by molar-refractivity contribution is 0.170. The van der Waals surface area contributed by atoms with Gasteiger partial charge in [-0.15, -0.1) is 0 Å². The van der Waals surface area contributed by atoms with Crippen molar-refractivity contribution in [3.05, 3.63) is 35.9 Å². The summed E-state index contributed by atoms with van der Waals surface area (Å²) in [5.74, 6) is 1.09. The van der Waals surface area contributed by atoms with E-state index >= 15 is 0 Å². The van der Waals surface area contributed by atoms with Gasteiger partial charge in [0.05, 0.1) is 5.84 Å². The van der Waals surface area contributed by atoms with E-state index in [1.807, 2.05) is 6.07 Å². The van der Waals surface area contributed by atoms with E-state index in [0.717, 1.165) is 5.92 Å². The Hall–Kier alpha value is -1.35. The summed E-state index contributed by atoms with van der Waals surface area (Å²) in [6, 6.07) is 11.2. The Morgan fingerprint density at radius 1 is 1.39 bits per heavy atom. The number of nitrogens with one attached hydrogen (secondary N) is 1. The predicted octanol–water partition coefficient (Wildman–Crippen LogP) is 2.78. The minimum absolute atomic E-state index is 0.222. The molecule has 2 atom stereocenters. The average molecular weight is 245 g/mol. The Morgan fingerprint density at radius 3 is 2.50 bits per heavy atom. The fraction of sp³-hybridized carbons (Fsp3) is 0.533. The van der Waals surface area contributed by atoms with Crippen molar-refractivity contribution in [2.24, 2.45) is 11.7 Å². The molecule has 0 aromatic heterocycles. The van der Waals surface area contributed by atoms with E-state index in [0.29, 0.717) is 12.5 Å². The second kappa shape index (κ2) is 5.53. The molecule has 18 heavy (non-hydrogen) atoms. The summed E-state index contributed by atoms with van der Waals surface area (Å²) >= 11 is 0. The highest BCUT2D eigenvalue weighted by molar-refractivity contribution is 5.77. The number of benzene rings is 1. The molecule has 2 unspecified atom stereocenters. The summed E-state index contributed by atoms with van der Waals surface area (Å²) in [5, 5.41) is 7.58. The minimum Gasteiger partial charge on any atom is -0.388 e. The van der Waals surface area contributed by atoms with E-state index in [-0.39, 0.29) is 11.9 Å². The van der Waals surface area contributed by atoms with Crippen LogP contribution in [0.5, 0.6) is 0 Å². The van der Waals surface area contributed by atoms with Gasteiger partial charge in [-0.1, -0.05) is 30.3 Å². The summed E-state index contributed by atoms with van der Waals surface area (Å²) in [6.45, 7) is 2.29. The van der Waals surface area contributed by atoms with Crippen LogP contribution in [0, 0.1) is 11.3 Å². The van der Waals surface area contributed by atoms with Crippen molar-refractivity contribution in [1.82, 2.24) is 4.90 Å². The molecular weight excluding hydrogens is 222 g/mol. The number of nitrogens with two attached hydrogens (primary N) is 1. The van der Waals surface area contributed by atoms with Gasteiger partial charge in [0.15, 0.2) is 0 Å². The zero-order chi connectivity index (χ0) is 13.1. The van der Waals surface area contributed by atoms with Gasteiger partial charge in [-0.3, -0.25) is 10.3 Å². The first-order valence-electron chi connectivity index (χ1n) is 6.69. The molecule has 1 aromatic rings. The van der Waals surface area contributed by atoms with Crippen LogP contribution in [0.2, 0.25) is 0 Å². The van der Waals surface area contributed by atoms with Crippen LogP contribution in [0.25, 0.3) is 0 Å². The average Bonchev–Trinajstić information content (AvgIpc) is 3.19. The van der Waals surface area contributed by atoms with Crippen LogP contribution in [-0.4, -0.2) is 23.8 Å². The first-order valence-corrected chi connectivity index (χ1v) is 6.69. The van der Waals surface area contributed by atoms with Gasteiger partial charge in [-0.2, -0.15) is 0 Å². The molecule has 0 saturated heterocycles. The lowest BCUT2D eigenvalue weighted by Gasteiger charge is -2.33. The third kappa shape index (κ3) is 3.10. The van der Waals surface area contributed by atoms with Crippen LogP contribution < -0.4 is 5.73 Å². The molecule has 3 heteroatoms. The Bertz CT molecular complexity index is 397. The van der Waals surface area contributed by atoms with Gasteiger partial charge in [0.1, 0.15) is 0 Å². The number of hydrogen-bond acceptors (Lipinski definition) is 2. The molecule has 1 saturated carbocycles. The van der Waals surface area contributed by atoms with E-state index in [4.69, 9.17) is 11.1 Å². The highest BCUT2D eigenvalue weighted by Gasteiger charge is 2.33. The summed E-state index contributed by atoms with van der Waals surface area (Å²) in [5.41, 5.74) is 6.87. The van der Waals surface area contributed by atoms with Gasteiger partial charge in [0.2, 0.25) is 0 Å². The van der Waals surface area contributed by atoms with Crippen LogP contribution in [0.3, 0.4) is 0 Å². The Balaban J connectivity index is 2.16. The molecule has 0 aliphatic heterocycles. The van der Waals surface area contributed by atoms with Crippen LogP contribution >= 0.6 is 0 Å². The molecule has 1 aliphatic carbocycles. The quantitative estimate of drug-likeness (QED) is 0.598. The molecule has 0 radical (unpaired) electrons. The van der Waals surface area contributed by atoms with Crippen molar-refractivity contribution in [3.63, 3.8) is 0 Å². The predicted molar refractivity (Wildman–Crippen MR) is 75.7 cm³/mol. The fourth-order valence-electron chi connectivity index (χ4n) is 2.58. The van der Waals surface area contributed by atoms with Gasteiger partial charge in [-0.25, -0.2) is 0 Å². The highest BCUT2D eigenvalue weighted by atomic mass is 15.2. The van der Waals surface area contributed by atoms with E-state index in [1.165, 1.54) is 18.4 Å². The smallest absolute Gasteiger partial charge is 0.0924 e. The third-order valence-corrected chi connectivity index (χ3v) is 4.04. The Kier molecular flexibility index (Phi) is 4.02. The van der Waals surface area contributed by atoms with Crippen molar-refractivity contribution in [3.8, 4) is 0 Å². The first kappa shape index (κ1) is 13.1. The van der Waals surface area contributed by atoms with Crippen LogP contribution in [0.1, 0.15) is 37.8 Å². The number of amidine groups is 1. The standard InChI is InChI=1S/C15H23N3/c1-11(12-8-9-12)18(2)14(10-15(16)17)13-6-4-3-5-7-13/h3-7,11-12,14H,8-10H2,1-2H3,(H3,16,17). The fourth-order valence-corrected chi connectivity index (χ4v) is 2.58. The van der Waals surface area contributed by atoms with Crippen molar-refractivity contribution in [2.45, 2.75) is 38.3 Å². The highest BCUT2D eigenvalue weighted by Crippen LogP contribution is 2.38. The maximum Gasteiger partial charge on any atom is 0.0924 e. The van der Waals surface area contributed by atoms with Crippen LogP contribution in [0.4, 0.5) is 0 Å². The normalized spacial score (nSPS) is 18.6. The summed E-state index contributed by atoms with van der Waals surface area (Å²) in [7, 11) is 2.16. The first-order chi connectivity index (χ1) is 8.59. The topological polar surface area (TPSA) is 53.1 Å². The summed E-state index contributed by atoms with van der Waals surface area (Å²) in [6.07, 6.45) is 3.29. The lowest BCUT2D eigenvalue weighted by atomic mass is 9.99. The van der Waals surface area contributed by atoms with Gasteiger partial charge in [0.25, 0.3) is 0 Å². The van der Waals surface area contributed by atoms with Crippen LogP contribution in [0.15, 0.2) is 30.3 Å². The lowest BCUT2D eigenvalue weighted by Crippen LogP contribution is -2.36. The molecule has 3 N–H and O–H groups in total. The van der Waals surface area contributed by atoms with Gasteiger partial charge >= 0.3 is 0 Å². The Labute approximate surface area is 109 Å². The molecular formula is C15H23N3. The molecule has 0 spiro atoms. The molecule has 0 heterocycles. The molecule has 2 rings (SSSR count). The number of rotatable bonds is 6. The van der Waals surface area contributed by atoms with Crippen molar-refractivity contribution in [1.29, 1.82) is 5.41 Å². The van der Waals surface area contributed by atoms with E-state index in [2.05, 4.69) is 43.1 Å². The molecule has 1 aromatic carbocycles. The van der Waals surface area contributed by atoms with Crippen molar-refractivity contribution >= 4 is 5.84 Å². The van der Waals surface area contributed by atoms with Gasteiger partial charge < -0.3 is 5.73 Å². The van der Waals surface area contributed by atoms with E-state index in [1.54, 1.807) is 0 Å². The van der Waals surface area contributed by atoms with E-state index < -0.39 is 0 Å². The van der Waals surface area contributed by atoms with Gasteiger partial charge in [-0.05, 0) is 38.3 Å². The maximum atomic E-state index is 7.58. The zero-order valence-corrected chi connectivity index (χ0v) is 11.3. The summed E-state index contributed by atoms with van der Waals surface area (Å²) < 4.78 is 0. The number of nitrogens with zero attached hydrogens (tertiary/aromatic N) is 1. The Morgan fingerprint density at radius 2 is 2.00 bits per heavy atom. The molecule has 0 bridgehead atoms.